The average molecular weight is 238 g/mol. The number of anilines is 1. The summed E-state index contributed by atoms with van der Waals surface area (Å²) in [5.41, 5.74) is 1.85. The van der Waals surface area contributed by atoms with Crippen molar-refractivity contribution in [2.24, 2.45) is 0 Å². The highest BCUT2D eigenvalue weighted by atomic mass is 16.3. The van der Waals surface area contributed by atoms with E-state index in [1.807, 2.05) is 13.8 Å². The molecule has 2 atom stereocenters. The first-order valence-corrected chi connectivity index (χ1v) is 5.99. The Kier molecular flexibility index (Phi) is 3.54. The number of aromatic nitrogens is 3. The van der Waals surface area contributed by atoms with Crippen molar-refractivity contribution in [3.63, 3.8) is 0 Å². The SMILES string of the molecule is CCc1nnc(N2CC(O)C(O)C2)nc1CC. The van der Waals surface area contributed by atoms with E-state index >= 15 is 0 Å². The predicted molar refractivity (Wildman–Crippen MR) is 62.8 cm³/mol. The molecule has 0 saturated carbocycles. The Morgan fingerprint density at radius 2 is 1.65 bits per heavy atom. The van der Waals surface area contributed by atoms with Crippen LogP contribution < -0.4 is 4.90 Å². The largest absolute Gasteiger partial charge is 0.388 e. The zero-order valence-corrected chi connectivity index (χ0v) is 10.2. The molecule has 94 valence electrons. The Morgan fingerprint density at radius 1 is 1.06 bits per heavy atom. The summed E-state index contributed by atoms with van der Waals surface area (Å²) in [4.78, 5) is 6.21. The highest BCUT2D eigenvalue weighted by Crippen LogP contribution is 2.17. The van der Waals surface area contributed by atoms with Crippen molar-refractivity contribution in [2.45, 2.75) is 38.9 Å². The van der Waals surface area contributed by atoms with Gasteiger partial charge in [-0.05, 0) is 12.8 Å². The number of β-amino-alcohol motifs (C(OH)–C–C–N with tert-alkyl or cyclic N) is 2. The molecule has 2 heterocycles. The Balaban J connectivity index is 2.22. The standard InChI is InChI=1S/C11H18N4O2/c1-3-7-8(4-2)13-14-11(12-7)15-5-9(16)10(17)6-15/h9-10,16-17H,3-6H2,1-2H3. The first-order chi connectivity index (χ1) is 8.15. The van der Waals surface area contributed by atoms with E-state index in [1.165, 1.54) is 0 Å². The highest BCUT2D eigenvalue weighted by Gasteiger charge is 2.31. The van der Waals surface area contributed by atoms with Crippen LogP contribution in [0.2, 0.25) is 0 Å². The van der Waals surface area contributed by atoms with Crippen LogP contribution in [0.25, 0.3) is 0 Å². The fraction of sp³-hybridized carbons (Fsp3) is 0.727. The summed E-state index contributed by atoms with van der Waals surface area (Å²) < 4.78 is 0. The Bertz CT molecular complexity index is 389. The van der Waals surface area contributed by atoms with Crippen molar-refractivity contribution in [3.05, 3.63) is 11.4 Å². The van der Waals surface area contributed by atoms with Gasteiger partial charge >= 0.3 is 0 Å². The van der Waals surface area contributed by atoms with Crippen LogP contribution in [0.5, 0.6) is 0 Å². The zero-order chi connectivity index (χ0) is 12.4. The van der Waals surface area contributed by atoms with Gasteiger partial charge in [0.2, 0.25) is 5.95 Å². The molecule has 1 aromatic rings. The number of aliphatic hydroxyl groups is 2. The Morgan fingerprint density at radius 3 is 2.18 bits per heavy atom. The molecule has 6 nitrogen and oxygen atoms in total. The third-order valence-corrected chi connectivity index (χ3v) is 3.04. The molecule has 0 spiro atoms. The van der Waals surface area contributed by atoms with Crippen molar-refractivity contribution < 1.29 is 10.2 Å². The molecule has 0 aliphatic carbocycles. The van der Waals surface area contributed by atoms with E-state index in [9.17, 15) is 10.2 Å². The first-order valence-electron chi connectivity index (χ1n) is 5.99. The molecule has 2 rings (SSSR count). The third-order valence-electron chi connectivity index (χ3n) is 3.04. The number of nitrogens with zero attached hydrogens (tertiary/aromatic N) is 4. The Labute approximate surface area is 100 Å². The normalized spacial score (nSPS) is 24.4. The molecule has 0 radical (unpaired) electrons. The highest BCUT2D eigenvalue weighted by molar-refractivity contribution is 5.33. The fourth-order valence-electron chi connectivity index (χ4n) is 2.00. The second kappa shape index (κ2) is 4.93. The summed E-state index contributed by atoms with van der Waals surface area (Å²) in [5, 5.41) is 27.2. The Hall–Kier alpha value is -1.27. The first kappa shape index (κ1) is 12.2. The minimum atomic E-state index is -0.727. The third kappa shape index (κ3) is 2.37. The average Bonchev–Trinajstić information content (AvgIpc) is 2.68. The van der Waals surface area contributed by atoms with Crippen molar-refractivity contribution in [2.75, 3.05) is 18.0 Å². The van der Waals surface area contributed by atoms with Crippen LogP contribution >= 0.6 is 0 Å². The van der Waals surface area contributed by atoms with Crippen LogP contribution in [0, 0.1) is 0 Å². The maximum atomic E-state index is 9.49. The lowest BCUT2D eigenvalue weighted by Crippen LogP contribution is -2.24. The van der Waals surface area contributed by atoms with E-state index in [0.29, 0.717) is 19.0 Å². The van der Waals surface area contributed by atoms with Gasteiger partial charge in [0.15, 0.2) is 0 Å². The monoisotopic (exact) mass is 238 g/mol. The van der Waals surface area contributed by atoms with E-state index in [2.05, 4.69) is 15.2 Å². The van der Waals surface area contributed by atoms with Gasteiger partial charge in [-0.1, -0.05) is 13.8 Å². The minimum Gasteiger partial charge on any atom is -0.388 e. The van der Waals surface area contributed by atoms with Crippen molar-refractivity contribution in [3.8, 4) is 0 Å². The van der Waals surface area contributed by atoms with Gasteiger partial charge in [-0.15, -0.1) is 5.10 Å². The molecule has 1 aliphatic rings. The van der Waals surface area contributed by atoms with E-state index in [1.54, 1.807) is 4.90 Å². The number of hydrogen-bond donors (Lipinski definition) is 2. The molecular weight excluding hydrogens is 220 g/mol. The van der Waals surface area contributed by atoms with Crippen molar-refractivity contribution in [1.29, 1.82) is 0 Å². The van der Waals surface area contributed by atoms with Gasteiger partial charge < -0.3 is 15.1 Å². The molecule has 0 bridgehead atoms. The van der Waals surface area contributed by atoms with E-state index < -0.39 is 12.2 Å². The van der Waals surface area contributed by atoms with Gasteiger partial charge in [-0.3, -0.25) is 0 Å². The molecule has 17 heavy (non-hydrogen) atoms. The second-order valence-corrected chi connectivity index (χ2v) is 4.25. The van der Waals surface area contributed by atoms with Gasteiger partial charge in [-0.25, -0.2) is 4.98 Å². The van der Waals surface area contributed by atoms with Gasteiger partial charge in [0.05, 0.1) is 23.6 Å². The fourth-order valence-corrected chi connectivity index (χ4v) is 2.00. The smallest absolute Gasteiger partial charge is 0.245 e. The summed E-state index contributed by atoms with van der Waals surface area (Å²) >= 11 is 0. The predicted octanol–water partition coefficient (Wildman–Crippen LogP) is -0.462. The summed E-state index contributed by atoms with van der Waals surface area (Å²) in [6.07, 6.45) is 0.170. The number of hydrogen-bond acceptors (Lipinski definition) is 6. The van der Waals surface area contributed by atoms with Gasteiger partial charge in [-0.2, -0.15) is 5.10 Å². The van der Waals surface area contributed by atoms with E-state index in [4.69, 9.17) is 0 Å². The molecule has 1 aromatic heterocycles. The molecule has 6 heteroatoms. The van der Waals surface area contributed by atoms with Crippen LogP contribution in [0.4, 0.5) is 5.95 Å². The van der Waals surface area contributed by atoms with Crippen LogP contribution in [-0.4, -0.2) is 50.7 Å². The lowest BCUT2D eigenvalue weighted by Gasteiger charge is -2.15. The van der Waals surface area contributed by atoms with E-state index in [0.717, 1.165) is 24.2 Å². The van der Waals surface area contributed by atoms with Crippen LogP contribution in [0.15, 0.2) is 0 Å². The molecule has 0 amide bonds. The molecular formula is C11H18N4O2. The maximum absolute atomic E-state index is 9.49. The number of rotatable bonds is 3. The quantitative estimate of drug-likeness (QED) is 0.741. The number of aliphatic hydroxyl groups excluding tert-OH is 2. The van der Waals surface area contributed by atoms with Gasteiger partial charge in [0, 0.05) is 13.1 Å². The minimum absolute atomic E-state index is 0.359. The maximum Gasteiger partial charge on any atom is 0.245 e. The molecule has 0 aromatic carbocycles. The lowest BCUT2D eigenvalue weighted by atomic mass is 10.2. The van der Waals surface area contributed by atoms with Crippen LogP contribution in [0.3, 0.4) is 0 Å². The number of aryl methyl sites for hydroxylation is 2. The summed E-state index contributed by atoms with van der Waals surface area (Å²) in [6.45, 7) is 4.77. The van der Waals surface area contributed by atoms with Gasteiger partial charge in [0.1, 0.15) is 0 Å². The zero-order valence-electron chi connectivity index (χ0n) is 10.2. The van der Waals surface area contributed by atoms with Crippen LogP contribution in [0.1, 0.15) is 25.2 Å². The second-order valence-electron chi connectivity index (χ2n) is 4.25. The van der Waals surface area contributed by atoms with Crippen LogP contribution in [-0.2, 0) is 12.8 Å². The summed E-state index contributed by atoms with van der Waals surface area (Å²) in [7, 11) is 0. The lowest BCUT2D eigenvalue weighted by molar-refractivity contribution is 0.0572. The molecule has 2 unspecified atom stereocenters. The van der Waals surface area contributed by atoms with E-state index in [-0.39, 0.29) is 0 Å². The summed E-state index contributed by atoms with van der Waals surface area (Å²) in [5.74, 6) is 0.495. The molecule has 2 N–H and O–H groups in total. The summed E-state index contributed by atoms with van der Waals surface area (Å²) in [6, 6.07) is 0. The topological polar surface area (TPSA) is 82.4 Å². The van der Waals surface area contributed by atoms with Gasteiger partial charge in [0.25, 0.3) is 0 Å². The van der Waals surface area contributed by atoms with Crippen molar-refractivity contribution >= 4 is 5.95 Å². The molecule has 1 saturated heterocycles. The molecule has 1 aliphatic heterocycles. The van der Waals surface area contributed by atoms with Crippen molar-refractivity contribution in [1.82, 2.24) is 15.2 Å². The molecule has 1 fully saturated rings.